The summed E-state index contributed by atoms with van der Waals surface area (Å²) in [7, 11) is 0. The standard InChI is InChI=1S/C17H23NO2/c1-3-20-17(19)16(15-11-7-8-12-15)18-13(2)14-9-5-4-6-10-14/h4-6,9-11,13,16,18H,3,7-8,12H2,1-2H3. The lowest BCUT2D eigenvalue weighted by atomic mass is 10.0. The van der Waals surface area contributed by atoms with Crippen LogP contribution in [0.25, 0.3) is 0 Å². The Morgan fingerprint density at radius 3 is 2.70 bits per heavy atom. The van der Waals surface area contributed by atoms with Crippen LogP contribution in [0.1, 0.15) is 44.7 Å². The van der Waals surface area contributed by atoms with E-state index in [0.29, 0.717) is 6.61 Å². The lowest BCUT2D eigenvalue weighted by molar-refractivity contribution is -0.144. The minimum absolute atomic E-state index is 0.118. The number of ether oxygens (including phenoxy) is 1. The average Bonchev–Trinajstić information content (AvgIpc) is 2.99. The molecule has 1 N–H and O–H groups in total. The minimum Gasteiger partial charge on any atom is -0.465 e. The smallest absolute Gasteiger partial charge is 0.327 e. The molecule has 0 fully saturated rings. The first-order valence-electron chi connectivity index (χ1n) is 7.39. The van der Waals surface area contributed by atoms with Crippen molar-refractivity contribution < 1.29 is 9.53 Å². The molecule has 3 nitrogen and oxygen atoms in total. The highest BCUT2D eigenvalue weighted by Gasteiger charge is 2.27. The molecule has 0 saturated carbocycles. The maximum Gasteiger partial charge on any atom is 0.327 e. The van der Waals surface area contributed by atoms with E-state index in [0.717, 1.165) is 19.3 Å². The van der Waals surface area contributed by atoms with Gasteiger partial charge in [0.2, 0.25) is 0 Å². The van der Waals surface area contributed by atoms with Crippen molar-refractivity contribution in [2.75, 3.05) is 6.61 Å². The maximum absolute atomic E-state index is 12.2. The van der Waals surface area contributed by atoms with E-state index in [4.69, 9.17) is 4.74 Å². The van der Waals surface area contributed by atoms with Crippen molar-refractivity contribution >= 4 is 5.97 Å². The quantitative estimate of drug-likeness (QED) is 0.638. The van der Waals surface area contributed by atoms with Gasteiger partial charge in [-0.3, -0.25) is 5.32 Å². The lowest BCUT2D eigenvalue weighted by Crippen LogP contribution is -2.40. The van der Waals surface area contributed by atoms with E-state index < -0.39 is 0 Å². The van der Waals surface area contributed by atoms with Crippen molar-refractivity contribution in [1.29, 1.82) is 0 Å². The predicted octanol–water partition coefficient (Wildman–Crippen LogP) is 3.38. The number of allylic oxidation sites excluding steroid dienone is 1. The Hall–Kier alpha value is -1.61. The Balaban J connectivity index is 2.09. The summed E-state index contributed by atoms with van der Waals surface area (Å²) in [6.45, 7) is 4.35. The molecule has 1 aromatic rings. The molecule has 2 atom stereocenters. The van der Waals surface area contributed by atoms with Gasteiger partial charge in [0.25, 0.3) is 0 Å². The van der Waals surface area contributed by atoms with Crippen LogP contribution >= 0.6 is 0 Å². The summed E-state index contributed by atoms with van der Waals surface area (Å²) >= 11 is 0. The summed E-state index contributed by atoms with van der Waals surface area (Å²) in [5, 5.41) is 3.42. The number of hydrogen-bond donors (Lipinski definition) is 1. The molecule has 0 spiro atoms. The highest BCUT2D eigenvalue weighted by Crippen LogP contribution is 2.24. The van der Waals surface area contributed by atoms with E-state index >= 15 is 0 Å². The summed E-state index contributed by atoms with van der Waals surface area (Å²) in [5.74, 6) is -0.163. The Kier molecular flexibility index (Phi) is 5.36. The van der Waals surface area contributed by atoms with Crippen LogP contribution in [0, 0.1) is 0 Å². The first-order chi connectivity index (χ1) is 9.72. The SMILES string of the molecule is CCOC(=O)C(NC(C)c1ccccc1)C1=CCCC1. The number of nitrogens with one attached hydrogen (secondary N) is 1. The average molecular weight is 273 g/mol. The highest BCUT2D eigenvalue weighted by atomic mass is 16.5. The summed E-state index contributed by atoms with van der Waals surface area (Å²) < 4.78 is 5.21. The van der Waals surface area contributed by atoms with Crippen LogP contribution in [0.3, 0.4) is 0 Å². The number of carbonyl (C=O) groups is 1. The van der Waals surface area contributed by atoms with Crippen LogP contribution in [0.5, 0.6) is 0 Å². The maximum atomic E-state index is 12.2. The van der Waals surface area contributed by atoms with E-state index in [1.807, 2.05) is 25.1 Å². The van der Waals surface area contributed by atoms with Gasteiger partial charge in [0.15, 0.2) is 0 Å². The largest absolute Gasteiger partial charge is 0.465 e. The van der Waals surface area contributed by atoms with Crippen LogP contribution in [-0.2, 0) is 9.53 Å². The third-order valence-electron chi connectivity index (χ3n) is 3.69. The fourth-order valence-corrected chi connectivity index (χ4v) is 2.60. The third-order valence-corrected chi connectivity index (χ3v) is 3.69. The molecular formula is C17H23NO2. The van der Waals surface area contributed by atoms with Gasteiger partial charge in [0.1, 0.15) is 6.04 Å². The zero-order chi connectivity index (χ0) is 14.4. The molecule has 0 amide bonds. The Bertz CT molecular complexity index is 467. The van der Waals surface area contributed by atoms with E-state index in [2.05, 4.69) is 30.4 Å². The number of esters is 1. The molecule has 108 valence electrons. The molecule has 3 heteroatoms. The molecule has 20 heavy (non-hydrogen) atoms. The zero-order valence-electron chi connectivity index (χ0n) is 12.3. The third kappa shape index (κ3) is 3.70. The second-order valence-electron chi connectivity index (χ2n) is 5.16. The molecule has 0 aromatic heterocycles. The van der Waals surface area contributed by atoms with Gasteiger partial charge in [-0.2, -0.15) is 0 Å². The number of carbonyl (C=O) groups excluding carboxylic acids is 1. The van der Waals surface area contributed by atoms with Crippen molar-refractivity contribution in [2.45, 2.75) is 45.2 Å². The molecule has 1 aromatic carbocycles. The van der Waals surface area contributed by atoms with Gasteiger partial charge in [0, 0.05) is 6.04 Å². The normalized spacial score (nSPS) is 17.4. The topological polar surface area (TPSA) is 38.3 Å². The van der Waals surface area contributed by atoms with Gasteiger partial charge in [-0.15, -0.1) is 0 Å². The highest BCUT2D eigenvalue weighted by molar-refractivity contribution is 5.79. The molecule has 2 rings (SSSR count). The zero-order valence-corrected chi connectivity index (χ0v) is 12.3. The minimum atomic E-state index is -0.312. The summed E-state index contributed by atoms with van der Waals surface area (Å²) in [5.41, 5.74) is 2.35. The molecule has 0 bridgehead atoms. The summed E-state index contributed by atoms with van der Waals surface area (Å²) in [4.78, 5) is 12.2. The first-order valence-corrected chi connectivity index (χ1v) is 7.39. The van der Waals surface area contributed by atoms with Crippen molar-refractivity contribution in [1.82, 2.24) is 5.32 Å². The summed E-state index contributed by atoms with van der Waals surface area (Å²) in [6.07, 6.45) is 5.35. The van der Waals surface area contributed by atoms with Crippen LogP contribution in [-0.4, -0.2) is 18.6 Å². The monoisotopic (exact) mass is 273 g/mol. The Morgan fingerprint density at radius 2 is 2.10 bits per heavy atom. The van der Waals surface area contributed by atoms with Gasteiger partial charge in [-0.1, -0.05) is 36.4 Å². The Morgan fingerprint density at radius 1 is 1.35 bits per heavy atom. The van der Waals surface area contributed by atoms with Crippen LogP contribution in [0.4, 0.5) is 0 Å². The molecule has 2 unspecified atom stereocenters. The molecule has 0 radical (unpaired) electrons. The number of benzene rings is 1. The second-order valence-corrected chi connectivity index (χ2v) is 5.16. The molecule has 1 aliphatic carbocycles. The fraction of sp³-hybridized carbons (Fsp3) is 0.471. The van der Waals surface area contributed by atoms with Gasteiger partial charge < -0.3 is 4.74 Å². The van der Waals surface area contributed by atoms with E-state index in [-0.39, 0.29) is 18.1 Å². The van der Waals surface area contributed by atoms with Gasteiger partial charge in [0.05, 0.1) is 6.61 Å². The molecule has 0 saturated heterocycles. The van der Waals surface area contributed by atoms with Gasteiger partial charge in [-0.05, 0) is 44.2 Å². The molecule has 0 aliphatic heterocycles. The Labute approximate surface area is 121 Å². The predicted molar refractivity (Wildman–Crippen MR) is 80.3 cm³/mol. The van der Waals surface area contributed by atoms with Crippen molar-refractivity contribution in [3.05, 3.63) is 47.5 Å². The second kappa shape index (κ2) is 7.25. The van der Waals surface area contributed by atoms with Crippen molar-refractivity contribution in [3.8, 4) is 0 Å². The van der Waals surface area contributed by atoms with E-state index in [1.54, 1.807) is 0 Å². The van der Waals surface area contributed by atoms with Crippen LogP contribution in [0.2, 0.25) is 0 Å². The van der Waals surface area contributed by atoms with E-state index in [1.165, 1.54) is 11.1 Å². The van der Waals surface area contributed by atoms with Crippen LogP contribution < -0.4 is 5.32 Å². The lowest BCUT2D eigenvalue weighted by Gasteiger charge is -2.23. The number of hydrogen-bond acceptors (Lipinski definition) is 3. The van der Waals surface area contributed by atoms with Crippen molar-refractivity contribution in [3.63, 3.8) is 0 Å². The van der Waals surface area contributed by atoms with Gasteiger partial charge >= 0.3 is 5.97 Å². The van der Waals surface area contributed by atoms with Crippen LogP contribution in [0.15, 0.2) is 42.0 Å². The molecular weight excluding hydrogens is 250 g/mol. The molecule has 0 heterocycles. The molecule has 1 aliphatic rings. The van der Waals surface area contributed by atoms with Crippen molar-refractivity contribution in [2.24, 2.45) is 0 Å². The van der Waals surface area contributed by atoms with E-state index in [9.17, 15) is 4.79 Å². The van der Waals surface area contributed by atoms with Gasteiger partial charge in [-0.25, -0.2) is 4.79 Å². The fourth-order valence-electron chi connectivity index (χ4n) is 2.60. The number of rotatable bonds is 6. The summed E-state index contributed by atoms with van der Waals surface area (Å²) in [6, 6.07) is 9.98. The first kappa shape index (κ1) is 14.8.